The van der Waals surface area contributed by atoms with Gasteiger partial charge in [-0.15, -0.1) is 0 Å². The van der Waals surface area contributed by atoms with Gasteiger partial charge in [0.05, 0.1) is 12.2 Å². The average molecular weight is 416 g/mol. The summed E-state index contributed by atoms with van der Waals surface area (Å²) < 4.78 is 12.3. The van der Waals surface area contributed by atoms with E-state index >= 15 is 0 Å². The Morgan fingerprint density at radius 2 is 1.71 bits per heavy atom. The number of carbonyl (C=O) groups excluding carboxylic acids is 2. The molecule has 1 amide bonds. The molecule has 6 nitrogen and oxygen atoms in total. The molecule has 0 radical (unpaired) electrons. The van der Waals surface area contributed by atoms with E-state index in [-0.39, 0.29) is 5.78 Å². The molecule has 0 fully saturated rings. The summed E-state index contributed by atoms with van der Waals surface area (Å²) in [4.78, 5) is 28.2. The summed E-state index contributed by atoms with van der Waals surface area (Å²) in [6.45, 7) is 6.14. The number of Topliss-reactive ketones (excluding diaryl/α,β-unsaturated/α-hetero) is 1. The topological polar surface area (TPSA) is 91.5 Å². The van der Waals surface area contributed by atoms with Crippen LogP contribution in [0.4, 0.5) is 0 Å². The Labute approximate surface area is 181 Å². The molecule has 0 bridgehead atoms. The molecule has 2 heterocycles. The highest BCUT2D eigenvalue weighted by molar-refractivity contribution is 6.00. The quantitative estimate of drug-likeness (QED) is 0.672. The van der Waals surface area contributed by atoms with E-state index in [1.165, 1.54) is 0 Å². The second-order valence-electron chi connectivity index (χ2n) is 7.75. The summed E-state index contributed by atoms with van der Waals surface area (Å²) in [5, 5.41) is 0. The average Bonchev–Trinajstić information content (AvgIpc) is 2.73. The van der Waals surface area contributed by atoms with Crippen molar-refractivity contribution in [1.82, 2.24) is 4.98 Å². The predicted molar refractivity (Wildman–Crippen MR) is 117 cm³/mol. The molecule has 6 heteroatoms. The van der Waals surface area contributed by atoms with Gasteiger partial charge in [0.2, 0.25) is 5.91 Å². The fourth-order valence-corrected chi connectivity index (χ4v) is 3.88. The van der Waals surface area contributed by atoms with Crippen LogP contribution in [-0.4, -0.2) is 23.3 Å². The fourth-order valence-electron chi connectivity index (χ4n) is 3.88. The molecule has 0 aliphatic carbocycles. The van der Waals surface area contributed by atoms with Crippen molar-refractivity contribution in [3.05, 3.63) is 87.7 Å². The van der Waals surface area contributed by atoms with Crippen molar-refractivity contribution in [2.24, 2.45) is 5.73 Å². The summed E-state index contributed by atoms with van der Waals surface area (Å²) in [5.74, 6) is 0.810. The number of hydrogen-bond acceptors (Lipinski definition) is 5. The lowest BCUT2D eigenvalue weighted by atomic mass is 9.98. The van der Waals surface area contributed by atoms with Gasteiger partial charge < -0.3 is 15.2 Å². The second-order valence-corrected chi connectivity index (χ2v) is 7.75. The zero-order valence-corrected chi connectivity index (χ0v) is 17.8. The van der Waals surface area contributed by atoms with Crippen LogP contribution in [0.15, 0.2) is 48.5 Å². The molecule has 1 aliphatic heterocycles. The predicted octanol–water partition coefficient (Wildman–Crippen LogP) is 4.24. The molecule has 4 rings (SSSR count). The molecular weight excluding hydrogens is 392 g/mol. The molecule has 1 aromatic heterocycles. The van der Waals surface area contributed by atoms with Crippen LogP contribution >= 0.6 is 0 Å². The van der Waals surface area contributed by atoms with Gasteiger partial charge in [-0.05, 0) is 62.7 Å². The van der Waals surface area contributed by atoms with Crippen molar-refractivity contribution in [2.75, 3.05) is 6.61 Å². The van der Waals surface area contributed by atoms with Gasteiger partial charge in [-0.25, -0.2) is 0 Å². The first-order chi connectivity index (χ1) is 14.8. The second kappa shape index (κ2) is 8.22. The van der Waals surface area contributed by atoms with E-state index in [2.05, 4.69) is 4.98 Å². The van der Waals surface area contributed by atoms with Crippen LogP contribution in [0, 0.1) is 20.8 Å². The number of nitrogens with two attached hydrogens (primary N) is 1. The van der Waals surface area contributed by atoms with E-state index in [9.17, 15) is 9.59 Å². The number of pyridine rings is 1. The maximum Gasteiger partial charge on any atom is 0.248 e. The number of primary amides is 1. The summed E-state index contributed by atoms with van der Waals surface area (Å²) in [6, 6.07) is 14.6. The lowest BCUT2D eigenvalue weighted by molar-refractivity contribution is 0.0931. The third-order valence-electron chi connectivity index (χ3n) is 5.38. The van der Waals surface area contributed by atoms with Crippen molar-refractivity contribution >= 4 is 11.7 Å². The number of rotatable bonds is 5. The normalized spacial score (nSPS) is 13.8. The van der Waals surface area contributed by atoms with Crippen molar-refractivity contribution < 1.29 is 19.1 Å². The standard InChI is InChI=1S/C25H24N2O4/c1-14-12-19(13-15(2)27-14)24(17-4-6-18(7-5-17)25(26)29)31-22-9-8-20-21(28)10-11-30-23(20)16(22)3/h4-9,12-13,24H,10-11H2,1-3H3,(H2,26,29). The molecule has 2 aromatic carbocycles. The van der Waals surface area contributed by atoms with E-state index < -0.39 is 12.0 Å². The first-order valence-electron chi connectivity index (χ1n) is 10.1. The number of hydrogen-bond donors (Lipinski definition) is 1. The highest BCUT2D eigenvalue weighted by Crippen LogP contribution is 2.38. The number of benzene rings is 2. The molecule has 158 valence electrons. The molecular formula is C25H24N2O4. The molecule has 2 N–H and O–H groups in total. The Kier molecular flexibility index (Phi) is 5.46. The van der Waals surface area contributed by atoms with Gasteiger partial charge >= 0.3 is 0 Å². The van der Waals surface area contributed by atoms with E-state index in [0.717, 1.165) is 28.1 Å². The molecule has 1 unspecified atom stereocenters. The Balaban J connectivity index is 1.78. The molecule has 1 atom stereocenters. The minimum Gasteiger partial charge on any atom is -0.492 e. The number of aryl methyl sites for hydroxylation is 2. The summed E-state index contributed by atoms with van der Waals surface area (Å²) >= 11 is 0. The van der Waals surface area contributed by atoms with Crippen molar-refractivity contribution in [3.63, 3.8) is 0 Å². The molecule has 1 aliphatic rings. The van der Waals surface area contributed by atoms with Crippen LogP contribution in [0.5, 0.6) is 11.5 Å². The number of amides is 1. The van der Waals surface area contributed by atoms with E-state index in [1.54, 1.807) is 18.2 Å². The van der Waals surface area contributed by atoms with Crippen molar-refractivity contribution in [2.45, 2.75) is 33.3 Å². The van der Waals surface area contributed by atoms with Gasteiger partial charge in [-0.2, -0.15) is 0 Å². The number of ether oxygens (including phenoxy) is 2. The largest absolute Gasteiger partial charge is 0.492 e. The Bertz CT molecular complexity index is 1150. The van der Waals surface area contributed by atoms with Gasteiger partial charge in [0.15, 0.2) is 5.78 Å². The van der Waals surface area contributed by atoms with Crippen molar-refractivity contribution in [3.8, 4) is 11.5 Å². The Hall–Kier alpha value is -3.67. The van der Waals surface area contributed by atoms with Crippen LogP contribution in [0.3, 0.4) is 0 Å². The first-order valence-corrected chi connectivity index (χ1v) is 10.1. The fraction of sp³-hybridized carbons (Fsp3) is 0.240. The lowest BCUT2D eigenvalue weighted by Crippen LogP contribution is -2.17. The number of ketones is 1. The van der Waals surface area contributed by atoms with Gasteiger partial charge in [-0.1, -0.05) is 12.1 Å². The Morgan fingerprint density at radius 3 is 2.35 bits per heavy atom. The maximum atomic E-state index is 12.2. The Morgan fingerprint density at radius 1 is 1.03 bits per heavy atom. The van der Waals surface area contributed by atoms with Gasteiger partial charge in [-0.3, -0.25) is 14.6 Å². The molecule has 0 saturated carbocycles. The summed E-state index contributed by atoms with van der Waals surface area (Å²) in [6.07, 6.45) is -0.0600. The van der Waals surface area contributed by atoms with Gasteiger partial charge in [0, 0.05) is 34.5 Å². The SMILES string of the molecule is Cc1cc(C(Oc2ccc3c(c2C)OCCC3=O)c2ccc(C(N)=O)cc2)cc(C)n1. The first kappa shape index (κ1) is 20.6. The molecule has 0 spiro atoms. The number of aromatic nitrogens is 1. The summed E-state index contributed by atoms with van der Waals surface area (Å²) in [5.41, 5.74) is 10.8. The molecule has 31 heavy (non-hydrogen) atoms. The van der Waals surface area contributed by atoms with Gasteiger partial charge in [0.1, 0.15) is 17.6 Å². The van der Waals surface area contributed by atoms with Crippen LogP contribution in [-0.2, 0) is 0 Å². The van der Waals surface area contributed by atoms with Crippen LogP contribution in [0.25, 0.3) is 0 Å². The number of carbonyl (C=O) groups is 2. The van der Waals surface area contributed by atoms with E-state index in [1.807, 2.05) is 51.1 Å². The highest BCUT2D eigenvalue weighted by atomic mass is 16.5. The van der Waals surface area contributed by atoms with Crippen LogP contribution in [0.1, 0.15) is 61.3 Å². The molecule has 3 aromatic rings. The minimum absolute atomic E-state index is 0.0786. The van der Waals surface area contributed by atoms with Crippen molar-refractivity contribution in [1.29, 1.82) is 0 Å². The third kappa shape index (κ3) is 4.14. The smallest absolute Gasteiger partial charge is 0.248 e. The highest BCUT2D eigenvalue weighted by Gasteiger charge is 2.25. The van der Waals surface area contributed by atoms with E-state index in [0.29, 0.717) is 35.7 Å². The zero-order chi connectivity index (χ0) is 22.1. The summed E-state index contributed by atoms with van der Waals surface area (Å²) in [7, 11) is 0. The maximum absolute atomic E-state index is 12.2. The monoisotopic (exact) mass is 416 g/mol. The third-order valence-corrected chi connectivity index (χ3v) is 5.38. The van der Waals surface area contributed by atoms with Crippen LogP contribution < -0.4 is 15.2 Å². The zero-order valence-electron chi connectivity index (χ0n) is 17.8. The molecule has 0 saturated heterocycles. The lowest BCUT2D eigenvalue weighted by Gasteiger charge is -2.25. The number of fused-ring (bicyclic) bond motifs is 1. The van der Waals surface area contributed by atoms with Crippen LogP contribution in [0.2, 0.25) is 0 Å². The number of nitrogens with zero attached hydrogens (tertiary/aromatic N) is 1. The van der Waals surface area contributed by atoms with Gasteiger partial charge in [0.25, 0.3) is 0 Å². The van der Waals surface area contributed by atoms with E-state index in [4.69, 9.17) is 15.2 Å². The minimum atomic E-state index is -0.480.